The monoisotopic (exact) mass is 268 g/mol. The largest absolute Gasteiger partial charge is 0.299 e. The Kier molecular flexibility index (Phi) is 3.32. The molecule has 20 heavy (non-hydrogen) atoms. The third-order valence-electron chi connectivity index (χ3n) is 6.14. The summed E-state index contributed by atoms with van der Waals surface area (Å²) in [4.78, 5) is 13.0. The number of hydrogen-bond donors (Lipinski definition) is 0. The van der Waals surface area contributed by atoms with Crippen molar-refractivity contribution in [3.8, 4) is 0 Å². The molecule has 0 aromatic carbocycles. The number of carbonyl (C=O) groups excluding carboxylic acids is 1. The molecule has 3 rings (SSSR count). The van der Waals surface area contributed by atoms with Gasteiger partial charge in [-0.05, 0) is 48.3 Å². The maximum absolute atomic E-state index is 13.0. The first-order valence-corrected chi connectivity index (χ1v) is 7.71. The second-order valence-electron chi connectivity index (χ2n) is 6.68. The minimum Gasteiger partial charge on any atom is -0.299 e. The highest BCUT2D eigenvalue weighted by Crippen LogP contribution is 2.62. The Hall–Kier alpha value is -1.37. The van der Waals surface area contributed by atoms with Crippen molar-refractivity contribution in [2.75, 3.05) is 0 Å². The molecule has 0 aliphatic heterocycles. The van der Waals surface area contributed by atoms with E-state index >= 15 is 0 Å². The van der Waals surface area contributed by atoms with Gasteiger partial charge in [-0.3, -0.25) is 4.79 Å². The van der Waals surface area contributed by atoms with E-state index in [1.54, 1.807) is 0 Å². The molecule has 0 bridgehead atoms. The lowest BCUT2D eigenvalue weighted by atomic mass is 9.78. The van der Waals surface area contributed by atoms with Crippen LogP contribution in [0.15, 0.2) is 50.6 Å². The van der Waals surface area contributed by atoms with Crippen LogP contribution in [-0.4, -0.2) is 5.78 Å². The minimum absolute atomic E-state index is 0.163. The van der Waals surface area contributed by atoms with E-state index in [0.717, 1.165) is 12.8 Å². The van der Waals surface area contributed by atoms with Gasteiger partial charge in [0.1, 0.15) is 5.78 Å². The van der Waals surface area contributed by atoms with Gasteiger partial charge in [0, 0.05) is 11.8 Å². The van der Waals surface area contributed by atoms with Crippen LogP contribution in [0.5, 0.6) is 0 Å². The molecule has 0 saturated heterocycles. The van der Waals surface area contributed by atoms with Gasteiger partial charge in [-0.1, -0.05) is 24.3 Å². The van der Waals surface area contributed by atoms with Crippen molar-refractivity contribution >= 4 is 5.78 Å². The van der Waals surface area contributed by atoms with Crippen molar-refractivity contribution in [1.82, 2.24) is 0 Å². The fraction of sp³-hybridized carbons (Fsp3) is 0.526. The molecule has 3 saturated carbocycles. The number of ketones is 1. The van der Waals surface area contributed by atoms with E-state index in [1.807, 2.05) is 12.2 Å². The van der Waals surface area contributed by atoms with Crippen molar-refractivity contribution in [1.29, 1.82) is 0 Å². The van der Waals surface area contributed by atoms with Gasteiger partial charge in [-0.15, -0.1) is 26.3 Å². The van der Waals surface area contributed by atoms with Crippen molar-refractivity contribution in [3.05, 3.63) is 50.6 Å². The molecule has 0 radical (unpaired) electrons. The molecule has 0 N–H and O–H groups in total. The Morgan fingerprint density at radius 2 is 1.05 bits per heavy atom. The summed E-state index contributed by atoms with van der Waals surface area (Å²) in [6.45, 7) is 15.9. The summed E-state index contributed by atoms with van der Waals surface area (Å²) < 4.78 is 0. The maximum atomic E-state index is 13.0. The highest BCUT2D eigenvalue weighted by Gasteiger charge is 2.62. The van der Waals surface area contributed by atoms with Crippen molar-refractivity contribution in [3.63, 3.8) is 0 Å². The Labute approximate surface area is 122 Å². The number of allylic oxidation sites excluding steroid dienone is 4. The van der Waals surface area contributed by atoms with Crippen LogP contribution in [0.25, 0.3) is 0 Å². The quantitative estimate of drug-likeness (QED) is 0.703. The summed E-state index contributed by atoms with van der Waals surface area (Å²) in [7, 11) is 0. The lowest BCUT2D eigenvalue weighted by Gasteiger charge is -2.26. The first-order chi connectivity index (χ1) is 9.67. The van der Waals surface area contributed by atoms with Gasteiger partial charge < -0.3 is 0 Å². The van der Waals surface area contributed by atoms with E-state index in [0.29, 0.717) is 41.3 Å². The van der Waals surface area contributed by atoms with Crippen LogP contribution in [0.3, 0.4) is 0 Å². The van der Waals surface area contributed by atoms with Crippen molar-refractivity contribution < 1.29 is 4.79 Å². The van der Waals surface area contributed by atoms with Gasteiger partial charge in [-0.2, -0.15) is 0 Å². The highest BCUT2D eigenvalue weighted by molar-refractivity contribution is 5.88. The topological polar surface area (TPSA) is 17.1 Å². The Bertz CT molecular complexity index is 432. The summed E-state index contributed by atoms with van der Waals surface area (Å²) in [6, 6.07) is 0. The number of carbonyl (C=O) groups is 1. The van der Waals surface area contributed by atoms with Crippen molar-refractivity contribution in [2.24, 2.45) is 47.3 Å². The van der Waals surface area contributed by atoms with Crippen LogP contribution in [-0.2, 0) is 4.79 Å². The molecular weight excluding hydrogens is 244 g/mol. The molecule has 0 heterocycles. The van der Waals surface area contributed by atoms with Crippen LogP contribution < -0.4 is 0 Å². The van der Waals surface area contributed by atoms with E-state index in [1.165, 1.54) is 0 Å². The minimum atomic E-state index is 0.163. The lowest BCUT2D eigenvalue weighted by Crippen LogP contribution is -2.22. The third-order valence-corrected chi connectivity index (χ3v) is 6.14. The zero-order chi connectivity index (χ0) is 14.4. The molecule has 0 spiro atoms. The zero-order valence-electron chi connectivity index (χ0n) is 12.1. The van der Waals surface area contributed by atoms with Crippen LogP contribution in [0.2, 0.25) is 0 Å². The van der Waals surface area contributed by atoms with Gasteiger partial charge in [0.25, 0.3) is 0 Å². The normalized spacial score (nSPS) is 49.5. The zero-order valence-corrected chi connectivity index (χ0v) is 12.1. The number of Topliss-reactive ketones (excluding diaryl/α,β-unsaturated/α-hetero) is 1. The molecule has 3 aliphatic rings. The third kappa shape index (κ3) is 1.58. The number of fused-ring (bicyclic) bond motifs is 3. The molecule has 1 heteroatoms. The predicted molar refractivity (Wildman–Crippen MR) is 82.9 cm³/mol. The molecule has 1 nitrogen and oxygen atoms in total. The van der Waals surface area contributed by atoms with E-state index in [-0.39, 0.29) is 11.8 Å². The highest BCUT2D eigenvalue weighted by atomic mass is 16.1. The summed E-state index contributed by atoms with van der Waals surface area (Å²) in [5.74, 6) is 3.24. The molecule has 8 atom stereocenters. The summed E-state index contributed by atoms with van der Waals surface area (Å²) in [6.07, 6.45) is 10.2. The molecule has 3 fully saturated rings. The average Bonchev–Trinajstić information content (AvgIpc) is 3.09. The second-order valence-corrected chi connectivity index (χ2v) is 6.68. The van der Waals surface area contributed by atoms with Gasteiger partial charge in [0.05, 0.1) is 0 Å². The number of rotatable bonds is 4. The molecule has 3 aliphatic carbocycles. The SMILES string of the molecule is C=C[C@@H]1C[C@H](C=C)[C@@H]2[C@H]1C(=O)[C@@H]1[C@H]2[C@@H](C=C)C[C@H]1C=C. The molecule has 0 aromatic heterocycles. The van der Waals surface area contributed by atoms with Crippen LogP contribution in [0, 0.1) is 47.3 Å². The molecule has 106 valence electrons. The summed E-state index contributed by atoms with van der Waals surface area (Å²) in [5, 5.41) is 0. The van der Waals surface area contributed by atoms with E-state index < -0.39 is 0 Å². The second kappa shape index (κ2) is 4.87. The van der Waals surface area contributed by atoms with Crippen molar-refractivity contribution in [2.45, 2.75) is 12.8 Å². The van der Waals surface area contributed by atoms with Crippen LogP contribution in [0.4, 0.5) is 0 Å². The summed E-state index contributed by atoms with van der Waals surface area (Å²) in [5.41, 5.74) is 0. The fourth-order valence-electron chi connectivity index (χ4n) is 5.41. The predicted octanol–water partition coefficient (Wildman–Crippen LogP) is 4.05. The number of hydrogen-bond acceptors (Lipinski definition) is 1. The smallest absolute Gasteiger partial charge is 0.140 e. The Balaban J connectivity index is 2.04. The maximum Gasteiger partial charge on any atom is 0.140 e. The molecule has 0 aromatic rings. The summed E-state index contributed by atoms with van der Waals surface area (Å²) >= 11 is 0. The van der Waals surface area contributed by atoms with Crippen LogP contribution >= 0.6 is 0 Å². The first-order valence-electron chi connectivity index (χ1n) is 7.71. The van der Waals surface area contributed by atoms with E-state index in [4.69, 9.17) is 0 Å². The van der Waals surface area contributed by atoms with Gasteiger partial charge in [0.15, 0.2) is 0 Å². The van der Waals surface area contributed by atoms with Gasteiger partial charge >= 0.3 is 0 Å². The van der Waals surface area contributed by atoms with Gasteiger partial charge in [0.2, 0.25) is 0 Å². The van der Waals surface area contributed by atoms with Gasteiger partial charge in [-0.25, -0.2) is 0 Å². The fourth-order valence-corrected chi connectivity index (χ4v) is 5.41. The standard InChI is InChI=1S/C19H24O/c1-5-11-9-13(7-3)17-15(11)16-12(6-2)10-14(8-4)18(16)19(17)20/h5-8,11-18H,1-4,9-10H2/t11-,12-,13+,14+,15-,16-,17-,18-/m0/s1. The molecule has 0 unspecified atom stereocenters. The molecule has 0 amide bonds. The lowest BCUT2D eigenvalue weighted by molar-refractivity contribution is -0.125. The van der Waals surface area contributed by atoms with Crippen LogP contribution in [0.1, 0.15) is 12.8 Å². The molecular formula is C19H24O. The Morgan fingerprint density at radius 1 is 0.700 bits per heavy atom. The van der Waals surface area contributed by atoms with E-state index in [9.17, 15) is 4.79 Å². The Morgan fingerprint density at radius 3 is 1.35 bits per heavy atom. The van der Waals surface area contributed by atoms with E-state index in [2.05, 4.69) is 38.5 Å². The first kappa shape index (κ1) is 13.6. The average molecular weight is 268 g/mol.